The Bertz CT molecular complexity index is 953. The van der Waals surface area contributed by atoms with Crippen molar-refractivity contribution in [2.45, 2.75) is 6.92 Å². The maximum Gasteiger partial charge on any atom is 0.512 e. The number of amides is 1. The highest BCUT2D eigenvalue weighted by atomic mass is 35.5. The summed E-state index contributed by atoms with van der Waals surface area (Å²) < 4.78 is 6.56. The van der Waals surface area contributed by atoms with Crippen LogP contribution in [-0.2, 0) is 4.74 Å². The molecule has 0 saturated carbocycles. The Kier molecular flexibility index (Phi) is 4.95. The molecule has 0 aliphatic carbocycles. The average molecular weight is 355 g/mol. The van der Waals surface area contributed by atoms with Gasteiger partial charge in [-0.15, -0.1) is 4.58 Å². The summed E-state index contributed by atoms with van der Waals surface area (Å²) in [6, 6.07) is 16.5. The summed E-state index contributed by atoms with van der Waals surface area (Å²) in [5.74, 6) is 0.747. The van der Waals surface area contributed by atoms with E-state index >= 15 is 0 Å². The maximum absolute atomic E-state index is 12.5. The van der Waals surface area contributed by atoms with Gasteiger partial charge in [0.1, 0.15) is 6.21 Å². The number of ether oxygens (including phenoxy) is 1. The van der Waals surface area contributed by atoms with Crippen LogP contribution in [0.2, 0.25) is 5.02 Å². The molecule has 0 bridgehead atoms. The molecule has 0 fully saturated rings. The van der Waals surface area contributed by atoms with Crippen LogP contribution in [-0.4, -0.2) is 28.5 Å². The number of rotatable bonds is 3. The van der Waals surface area contributed by atoms with E-state index in [-0.39, 0.29) is 6.61 Å². The van der Waals surface area contributed by atoms with Gasteiger partial charge in [-0.25, -0.2) is 0 Å². The molecule has 0 aliphatic heterocycles. The molecule has 0 radical (unpaired) electrons. The molecule has 2 aromatic carbocycles. The Morgan fingerprint density at radius 3 is 2.68 bits per heavy atom. The molecule has 1 amide bonds. The van der Waals surface area contributed by atoms with E-state index in [0.717, 1.165) is 16.3 Å². The number of nitrogens with zero attached hydrogens (tertiary/aromatic N) is 2. The first kappa shape index (κ1) is 16.9. The van der Waals surface area contributed by atoms with Crippen molar-refractivity contribution in [3.63, 3.8) is 0 Å². The molecule has 1 heterocycles. The zero-order valence-electron chi connectivity index (χ0n) is 13.6. The van der Waals surface area contributed by atoms with E-state index in [1.165, 1.54) is 4.58 Å². The molecule has 1 aromatic heterocycles. The van der Waals surface area contributed by atoms with E-state index in [1.54, 1.807) is 31.3 Å². The van der Waals surface area contributed by atoms with Crippen molar-refractivity contribution in [2.24, 2.45) is 0 Å². The van der Waals surface area contributed by atoms with E-state index in [1.807, 2.05) is 36.4 Å². The van der Waals surface area contributed by atoms with Gasteiger partial charge in [-0.1, -0.05) is 29.8 Å². The van der Waals surface area contributed by atoms with Crippen LogP contribution in [0.3, 0.4) is 0 Å². The molecule has 3 aromatic rings. The van der Waals surface area contributed by atoms with Crippen LogP contribution in [0.4, 0.5) is 16.4 Å². The predicted octanol–water partition coefficient (Wildman–Crippen LogP) is 4.39. The third-order valence-corrected chi connectivity index (χ3v) is 3.83. The fourth-order valence-electron chi connectivity index (χ4n) is 2.48. The van der Waals surface area contributed by atoms with E-state index < -0.39 is 6.09 Å². The third-order valence-electron chi connectivity index (χ3n) is 3.58. The number of nitrogen functional groups attached to an aromatic ring is 1. The Hall–Kier alpha value is -2.92. The van der Waals surface area contributed by atoms with Crippen molar-refractivity contribution in [3.8, 4) is 0 Å². The lowest BCUT2D eigenvalue weighted by Gasteiger charge is -2.06. The number of hydrogen-bond acceptors (Lipinski definition) is 4. The highest BCUT2D eigenvalue weighted by Crippen LogP contribution is 2.26. The van der Waals surface area contributed by atoms with Crippen molar-refractivity contribution >= 4 is 46.3 Å². The van der Waals surface area contributed by atoms with Crippen LogP contribution < -0.4 is 5.73 Å². The molecule has 5 nitrogen and oxygen atoms in total. The van der Waals surface area contributed by atoms with Gasteiger partial charge in [-0.2, -0.15) is 4.79 Å². The molecule has 126 valence electrons. The van der Waals surface area contributed by atoms with Crippen molar-refractivity contribution < 1.29 is 14.1 Å². The maximum atomic E-state index is 12.5. The first-order valence-corrected chi connectivity index (χ1v) is 8.18. The summed E-state index contributed by atoms with van der Waals surface area (Å²) in [7, 11) is 0. The second kappa shape index (κ2) is 7.32. The summed E-state index contributed by atoms with van der Waals surface area (Å²) in [5.41, 5.74) is 6.71. The van der Waals surface area contributed by atoms with Crippen LogP contribution in [0.5, 0.6) is 0 Å². The first-order chi connectivity index (χ1) is 12.1. The molecule has 0 saturated heterocycles. The summed E-state index contributed by atoms with van der Waals surface area (Å²) in [6.45, 7) is 2.01. The summed E-state index contributed by atoms with van der Waals surface area (Å²) >= 11 is 5.93. The zero-order valence-corrected chi connectivity index (χ0v) is 14.4. The van der Waals surface area contributed by atoms with Gasteiger partial charge in [0.25, 0.3) is 0 Å². The first-order valence-electron chi connectivity index (χ1n) is 7.80. The number of carbonyl (C=O) groups excluding carboxylic acids is 1. The van der Waals surface area contributed by atoms with Gasteiger partial charge < -0.3 is 10.5 Å². The second-order valence-corrected chi connectivity index (χ2v) is 5.78. The molecule has 0 aliphatic rings. The second-order valence-electron chi connectivity index (χ2n) is 5.34. The fourth-order valence-corrected chi connectivity index (χ4v) is 2.60. The molecule has 0 unspecified atom stereocenters. The number of benzene rings is 2. The number of aromatic nitrogens is 1. The van der Waals surface area contributed by atoms with Gasteiger partial charge in [0.05, 0.1) is 12.0 Å². The minimum absolute atomic E-state index is 0.254. The molecular formula is C19H17ClN3O2+. The summed E-state index contributed by atoms with van der Waals surface area (Å²) in [6.07, 6.45) is 1.13. The van der Waals surface area contributed by atoms with Gasteiger partial charge in [-0.05, 0) is 47.6 Å². The lowest BCUT2D eigenvalue weighted by Crippen LogP contribution is -2.20. The standard InChI is InChI=1S/C19H17ClN3O2/c1-2-25-19(24)23(12-13-7-9-15(20)10-8-13)18-16-6-4-3-5-14(16)11-17(21)22-18/h3-12H,2H2,1H3,(H2,21,22)/q+1. The molecule has 0 atom stereocenters. The minimum atomic E-state index is -0.527. The third kappa shape index (κ3) is 3.78. The number of anilines is 1. The van der Waals surface area contributed by atoms with Crippen molar-refractivity contribution in [1.29, 1.82) is 0 Å². The van der Waals surface area contributed by atoms with Crippen LogP contribution in [0.15, 0.2) is 54.6 Å². The Labute approximate surface area is 150 Å². The quantitative estimate of drug-likeness (QED) is 0.559. The Morgan fingerprint density at radius 1 is 1.24 bits per heavy atom. The highest BCUT2D eigenvalue weighted by Gasteiger charge is 2.25. The van der Waals surface area contributed by atoms with Crippen molar-refractivity contribution in [1.82, 2.24) is 4.98 Å². The van der Waals surface area contributed by atoms with Crippen molar-refractivity contribution in [3.05, 3.63) is 65.2 Å². The predicted molar refractivity (Wildman–Crippen MR) is 99.7 cm³/mol. The number of halogens is 1. The van der Waals surface area contributed by atoms with Crippen LogP contribution in [0.1, 0.15) is 12.5 Å². The van der Waals surface area contributed by atoms with Gasteiger partial charge in [0.15, 0.2) is 0 Å². The summed E-state index contributed by atoms with van der Waals surface area (Å²) in [5, 5.41) is 2.31. The monoisotopic (exact) mass is 354 g/mol. The topological polar surface area (TPSA) is 68.2 Å². The molecule has 0 spiro atoms. The van der Waals surface area contributed by atoms with E-state index in [2.05, 4.69) is 4.98 Å². The van der Waals surface area contributed by atoms with Crippen LogP contribution in [0.25, 0.3) is 10.8 Å². The SMILES string of the molecule is CCOC(=O)[N+](=Cc1ccc(Cl)cc1)c1nc(N)cc2ccccc12. The number of carbonyl (C=O) groups is 1. The molecule has 25 heavy (non-hydrogen) atoms. The number of hydrogen-bond donors (Lipinski definition) is 1. The van der Waals surface area contributed by atoms with E-state index in [9.17, 15) is 4.79 Å². The zero-order chi connectivity index (χ0) is 17.8. The lowest BCUT2D eigenvalue weighted by atomic mass is 10.1. The number of nitrogens with two attached hydrogens (primary N) is 1. The fraction of sp³-hybridized carbons (Fsp3) is 0.105. The molecular weight excluding hydrogens is 338 g/mol. The average Bonchev–Trinajstić information content (AvgIpc) is 2.60. The Balaban J connectivity index is 2.22. The highest BCUT2D eigenvalue weighted by molar-refractivity contribution is 6.30. The van der Waals surface area contributed by atoms with E-state index in [0.29, 0.717) is 16.7 Å². The molecule has 6 heteroatoms. The van der Waals surface area contributed by atoms with Gasteiger partial charge >= 0.3 is 11.9 Å². The number of pyridine rings is 1. The normalized spacial score (nSPS) is 11.5. The van der Waals surface area contributed by atoms with Crippen LogP contribution in [0, 0.1) is 0 Å². The molecule has 2 N–H and O–H groups in total. The van der Waals surface area contributed by atoms with Crippen LogP contribution >= 0.6 is 11.6 Å². The van der Waals surface area contributed by atoms with Crippen molar-refractivity contribution in [2.75, 3.05) is 12.3 Å². The Morgan fingerprint density at radius 2 is 1.96 bits per heavy atom. The molecule has 3 rings (SSSR count). The van der Waals surface area contributed by atoms with Gasteiger partial charge in [0, 0.05) is 16.7 Å². The minimum Gasteiger partial charge on any atom is -0.431 e. The largest absolute Gasteiger partial charge is 0.512 e. The number of fused-ring (bicyclic) bond motifs is 1. The lowest BCUT2D eigenvalue weighted by molar-refractivity contribution is -0.354. The van der Waals surface area contributed by atoms with Gasteiger partial charge in [-0.3, -0.25) is 0 Å². The van der Waals surface area contributed by atoms with Gasteiger partial charge in [0.2, 0.25) is 5.82 Å². The van der Waals surface area contributed by atoms with E-state index in [4.69, 9.17) is 22.1 Å². The summed E-state index contributed by atoms with van der Waals surface area (Å²) in [4.78, 5) is 16.9. The smallest absolute Gasteiger partial charge is 0.431 e.